The Kier molecular flexibility index (Phi) is 3.73. The maximum absolute atomic E-state index is 11.0. The lowest BCUT2D eigenvalue weighted by atomic mass is 9.95. The molecule has 0 saturated carbocycles. The van der Waals surface area contributed by atoms with Gasteiger partial charge in [-0.25, -0.2) is 0 Å². The van der Waals surface area contributed by atoms with Gasteiger partial charge in [-0.2, -0.15) is 0 Å². The number of likely N-dealkylation sites (tertiary alicyclic amines) is 1. The minimum Gasteiger partial charge on any atom is -0.369 e. The lowest BCUT2D eigenvalue weighted by molar-refractivity contribution is -0.106. The van der Waals surface area contributed by atoms with E-state index in [0.717, 1.165) is 25.1 Å². The molecule has 14 heavy (non-hydrogen) atoms. The molecule has 0 unspecified atom stereocenters. The Bertz CT molecular complexity index is 219. The van der Waals surface area contributed by atoms with Crippen molar-refractivity contribution in [2.45, 2.75) is 40.0 Å². The lowest BCUT2D eigenvalue weighted by Crippen LogP contribution is -2.30. The molecule has 2 nitrogen and oxygen atoms in total. The van der Waals surface area contributed by atoms with Crippen molar-refractivity contribution >= 4 is 6.29 Å². The zero-order valence-electron chi connectivity index (χ0n) is 9.55. The average molecular weight is 195 g/mol. The number of piperidine rings is 1. The summed E-state index contributed by atoms with van der Waals surface area (Å²) >= 11 is 0. The van der Waals surface area contributed by atoms with E-state index in [9.17, 15) is 4.79 Å². The Morgan fingerprint density at radius 2 is 1.71 bits per heavy atom. The van der Waals surface area contributed by atoms with E-state index in [2.05, 4.69) is 31.7 Å². The van der Waals surface area contributed by atoms with Crippen LogP contribution in [0.3, 0.4) is 0 Å². The monoisotopic (exact) mass is 195 g/mol. The molecular formula is C12H21NO. The largest absolute Gasteiger partial charge is 0.369 e. The van der Waals surface area contributed by atoms with Crippen LogP contribution in [0.25, 0.3) is 0 Å². The first-order chi connectivity index (χ1) is 6.53. The van der Waals surface area contributed by atoms with E-state index in [0.29, 0.717) is 0 Å². The highest BCUT2D eigenvalue weighted by Crippen LogP contribution is 2.21. The molecule has 0 amide bonds. The summed E-state index contributed by atoms with van der Waals surface area (Å²) in [7, 11) is 0. The molecule has 1 aliphatic heterocycles. The highest BCUT2D eigenvalue weighted by atomic mass is 16.1. The van der Waals surface area contributed by atoms with Gasteiger partial charge in [-0.05, 0) is 24.7 Å². The summed E-state index contributed by atoms with van der Waals surface area (Å²) in [5.41, 5.74) is 0.963. The Hall–Kier alpha value is -0.790. The maximum atomic E-state index is 11.0. The number of hydrogen-bond donors (Lipinski definition) is 0. The minimum atomic E-state index is 0.0910. The summed E-state index contributed by atoms with van der Waals surface area (Å²) in [4.78, 5) is 13.2. The number of aldehydes is 1. The summed E-state index contributed by atoms with van der Waals surface area (Å²) in [6.07, 6.45) is 6.81. The first kappa shape index (κ1) is 11.3. The second kappa shape index (κ2) is 4.63. The summed E-state index contributed by atoms with van der Waals surface area (Å²) < 4.78 is 0. The summed E-state index contributed by atoms with van der Waals surface area (Å²) in [6, 6.07) is 0. The van der Waals surface area contributed by atoms with Crippen molar-refractivity contribution in [1.82, 2.24) is 4.90 Å². The quantitative estimate of drug-likeness (QED) is 0.498. The predicted octanol–water partition coefficient (Wildman–Crippen LogP) is 2.60. The number of carbonyl (C=O) groups is 1. The number of rotatable bonds is 2. The molecule has 1 fully saturated rings. The Morgan fingerprint density at radius 1 is 1.14 bits per heavy atom. The van der Waals surface area contributed by atoms with Crippen LogP contribution < -0.4 is 0 Å². The molecule has 0 atom stereocenters. The zero-order valence-corrected chi connectivity index (χ0v) is 9.55. The molecule has 0 aromatic carbocycles. The smallest absolute Gasteiger partial charge is 0.165 e. The molecule has 80 valence electrons. The zero-order chi connectivity index (χ0) is 10.6. The van der Waals surface area contributed by atoms with Gasteiger partial charge in [0.2, 0.25) is 0 Å². The second-order valence-electron chi connectivity index (χ2n) is 5.10. The summed E-state index contributed by atoms with van der Waals surface area (Å²) in [6.45, 7) is 8.46. The highest BCUT2D eigenvalue weighted by Gasteiger charge is 2.15. The van der Waals surface area contributed by atoms with Gasteiger partial charge in [-0.15, -0.1) is 0 Å². The number of carbonyl (C=O) groups excluding carboxylic acids is 1. The van der Waals surface area contributed by atoms with Crippen molar-refractivity contribution in [3.8, 4) is 0 Å². The van der Waals surface area contributed by atoms with Gasteiger partial charge < -0.3 is 4.90 Å². The SMILES string of the molecule is CC(C)(C)/C=C(\C=O)N1CCCCC1. The molecule has 1 saturated heterocycles. The third kappa shape index (κ3) is 3.52. The van der Waals surface area contributed by atoms with Gasteiger partial charge >= 0.3 is 0 Å². The van der Waals surface area contributed by atoms with E-state index in [1.807, 2.05) is 0 Å². The maximum Gasteiger partial charge on any atom is 0.165 e. The molecule has 1 aliphatic rings. The van der Waals surface area contributed by atoms with Crippen LogP contribution in [0.15, 0.2) is 11.8 Å². The fourth-order valence-corrected chi connectivity index (χ4v) is 1.80. The first-order valence-corrected chi connectivity index (χ1v) is 5.46. The lowest BCUT2D eigenvalue weighted by Gasteiger charge is -2.30. The Balaban J connectivity index is 2.69. The topological polar surface area (TPSA) is 20.3 Å². The van der Waals surface area contributed by atoms with Gasteiger partial charge in [0, 0.05) is 13.1 Å². The van der Waals surface area contributed by atoms with Crippen LogP contribution in [-0.4, -0.2) is 24.3 Å². The van der Waals surface area contributed by atoms with Crippen LogP contribution in [0.5, 0.6) is 0 Å². The summed E-state index contributed by atoms with van der Waals surface area (Å²) in [5.74, 6) is 0. The molecule has 1 heterocycles. The van der Waals surface area contributed by atoms with E-state index in [1.165, 1.54) is 19.3 Å². The molecule has 0 bridgehead atoms. The summed E-state index contributed by atoms with van der Waals surface area (Å²) in [5, 5.41) is 0. The van der Waals surface area contributed by atoms with E-state index in [-0.39, 0.29) is 5.41 Å². The molecule has 0 aromatic heterocycles. The first-order valence-electron chi connectivity index (χ1n) is 5.46. The van der Waals surface area contributed by atoms with Crippen molar-refractivity contribution in [2.75, 3.05) is 13.1 Å². The predicted molar refractivity (Wildman–Crippen MR) is 59.0 cm³/mol. The molecule has 2 heteroatoms. The number of hydrogen-bond acceptors (Lipinski definition) is 2. The van der Waals surface area contributed by atoms with E-state index in [4.69, 9.17) is 0 Å². The van der Waals surface area contributed by atoms with Gasteiger partial charge in [0.15, 0.2) is 6.29 Å². The number of nitrogens with zero attached hydrogens (tertiary/aromatic N) is 1. The van der Waals surface area contributed by atoms with E-state index >= 15 is 0 Å². The van der Waals surface area contributed by atoms with Crippen LogP contribution in [0.2, 0.25) is 0 Å². The third-order valence-corrected chi connectivity index (χ3v) is 2.42. The molecule has 1 rings (SSSR count). The molecular weight excluding hydrogens is 174 g/mol. The van der Waals surface area contributed by atoms with Crippen LogP contribution >= 0.6 is 0 Å². The van der Waals surface area contributed by atoms with E-state index < -0.39 is 0 Å². The van der Waals surface area contributed by atoms with Gasteiger partial charge in [-0.1, -0.05) is 26.8 Å². The Morgan fingerprint density at radius 3 is 2.14 bits per heavy atom. The van der Waals surface area contributed by atoms with E-state index in [1.54, 1.807) is 0 Å². The standard InChI is InChI=1S/C12H21NO/c1-12(2,3)9-11(10-14)13-7-5-4-6-8-13/h9-10H,4-8H2,1-3H3/b11-9+. The van der Waals surface area contributed by atoms with Crippen molar-refractivity contribution < 1.29 is 4.79 Å². The van der Waals surface area contributed by atoms with Crippen molar-refractivity contribution in [3.63, 3.8) is 0 Å². The molecule has 0 aliphatic carbocycles. The molecule has 0 N–H and O–H groups in total. The molecule has 0 radical (unpaired) electrons. The number of allylic oxidation sites excluding steroid dienone is 2. The fraction of sp³-hybridized carbons (Fsp3) is 0.750. The van der Waals surface area contributed by atoms with Crippen molar-refractivity contribution in [1.29, 1.82) is 0 Å². The van der Waals surface area contributed by atoms with Crippen LogP contribution in [0.1, 0.15) is 40.0 Å². The van der Waals surface area contributed by atoms with Crippen LogP contribution in [0, 0.1) is 5.41 Å². The normalized spacial score (nSPS) is 19.6. The third-order valence-electron chi connectivity index (χ3n) is 2.42. The second-order valence-corrected chi connectivity index (χ2v) is 5.10. The molecule has 0 spiro atoms. The van der Waals surface area contributed by atoms with Gasteiger partial charge in [0.25, 0.3) is 0 Å². The average Bonchev–Trinajstić information content (AvgIpc) is 2.14. The van der Waals surface area contributed by atoms with Gasteiger partial charge in [-0.3, -0.25) is 4.79 Å². The highest BCUT2D eigenvalue weighted by molar-refractivity contribution is 5.72. The van der Waals surface area contributed by atoms with Gasteiger partial charge in [0.1, 0.15) is 0 Å². The van der Waals surface area contributed by atoms with Crippen molar-refractivity contribution in [2.24, 2.45) is 5.41 Å². The van der Waals surface area contributed by atoms with Gasteiger partial charge in [0.05, 0.1) is 5.70 Å². The fourth-order valence-electron chi connectivity index (χ4n) is 1.80. The van der Waals surface area contributed by atoms with Crippen LogP contribution in [-0.2, 0) is 4.79 Å². The molecule has 0 aromatic rings. The van der Waals surface area contributed by atoms with Crippen LogP contribution in [0.4, 0.5) is 0 Å². The van der Waals surface area contributed by atoms with Crippen molar-refractivity contribution in [3.05, 3.63) is 11.8 Å². The Labute approximate surface area is 87.0 Å². The minimum absolute atomic E-state index is 0.0910.